The molecule has 2 aromatic rings. The highest BCUT2D eigenvalue weighted by Crippen LogP contribution is 2.08. The molecule has 0 aliphatic carbocycles. The Bertz CT molecular complexity index is 841. The van der Waals surface area contributed by atoms with Crippen molar-refractivity contribution in [2.75, 3.05) is 19.6 Å². The predicted molar refractivity (Wildman–Crippen MR) is 107 cm³/mol. The minimum absolute atomic E-state index is 0.0253. The van der Waals surface area contributed by atoms with Gasteiger partial charge < -0.3 is 5.32 Å². The molecule has 0 aliphatic rings. The predicted octanol–water partition coefficient (Wildman–Crippen LogP) is 0.919. The van der Waals surface area contributed by atoms with Gasteiger partial charge in [-0.3, -0.25) is 30.1 Å². The van der Waals surface area contributed by atoms with Gasteiger partial charge in [-0.25, -0.2) is 9.37 Å². The van der Waals surface area contributed by atoms with E-state index in [9.17, 15) is 18.8 Å². The molecular formula is C19H24FN5O3S. The molecule has 0 fully saturated rings. The molecule has 0 spiro atoms. The number of carbonyl (C=O) groups is 3. The van der Waals surface area contributed by atoms with E-state index in [0.717, 1.165) is 11.3 Å². The van der Waals surface area contributed by atoms with Crippen LogP contribution in [0.15, 0.2) is 29.6 Å². The fourth-order valence-electron chi connectivity index (χ4n) is 2.39. The van der Waals surface area contributed by atoms with E-state index in [1.807, 2.05) is 19.2 Å². The number of halogens is 1. The van der Waals surface area contributed by atoms with E-state index in [0.29, 0.717) is 11.6 Å². The lowest BCUT2D eigenvalue weighted by atomic mass is 10.2. The zero-order chi connectivity index (χ0) is 21.2. The Hall–Kier alpha value is -2.85. The van der Waals surface area contributed by atoms with Crippen LogP contribution >= 0.6 is 11.3 Å². The van der Waals surface area contributed by atoms with E-state index in [2.05, 4.69) is 21.2 Å². The van der Waals surface area contributed by atoms with Gasteiger partial charge >= 0.3 is 0 Å². The molecule has 3 amide bonds. The van der Waals surface area contributed by atoms with Gasteiger partial charge in [0.15, 0.2) is 0 Å². The third-order valence-corrected chi connectivity index (χ3v) is 4.87. The van der Waals surface area contributed by atoms with E-state index < -0.39 is 5.91 Å². The second-order valence-corrected chi connectivity index (χ2v) is 7.30. The zero-order valence-corrected chi connectivity index (χ0v) is 17.1. The van der Waals surface area contributed by atoms with E-state index in [1.165, 1.54) is 23.5 Å². The van der Waals surface area contributed by atoms with Crippen molar-refractivity contribution in [3.63, 3.8) is 0 Å². The normalized spacial score (nSPS) is 10.6. The Labute approximate surface area is 172 Å². The first-order valence-electron chi connectivity index (χ1n) is 9.08. The molecule has 0 aliphatic heterocycles. The van der Waals surface area contributed by atoms with Crippen molar-refractivity contribution in [2.24, 2.45) is 0 Å². The van der Waals surface area contributed by atoms with Gasteiger partial charge in [-0.1, -0.05) is 19.1 Å². The van der Waals surface area contributed by atoms with Gasteiger partial charge in [0.2, 0.25) is 11.8 Å². The number of aromatic nitrogens is 1. The quantitative estimate of drug-likeness (QED) is 0.523. The molecule has 0 atom stereocenters. The van der Waals surface area contributed by atoms with Crippen LogP contribution in [0.4, 0.5) is 4.39 Å². The van der Waals surface area contributed by atoms with Gasteiger partial charge in [-0.2, -0.15) is 0 Å². The number of carbonyl (C=O) groups excluding carboxylic acids is 3. The summed E-state index contributed by atoms with van der Waals surface area (Å²) in [5.41, 5.74) is 6.31. The van der Waals surface area contributed by atoms with Crippen molar-refractivity contribution in [2.45, 2.75) is 26.8 Å². The lowest BCUT2D eigenvalue weighted by molar-refractivity contribution is -0.130. The van der Waals surface area contributed by atoms with Crippen LogP contribution in [0.3, 0.4) is 0 Å². The second-order valence-electron chi connectivity index (χ2n) is 6.36. The lowest BCUT2D eigenvalue weighted by Crippen LogP contribution is -2.48. The van der Waals surface area contributed by atoms with Gasteiger partial charge in [0.25, 0.3) is 5.91 Å². The number of thiazole rings is 1. The average Bonchev–Trinajstić information content (AvgIpc) is 3.10. The van der Waals surface area contributed by atoms with Gasteiger partial charge in [0.1, 0.15) is 10.8 Å². The first-order valence-corrected chi connectivity index (χ1v) is 9.96. The number of hydrogen-bond donors (Lipinski definition) is 3. The highest BCUT2D eigenvalue weighted by Gasteiger charge is 2.14. The van der Waals surface area contributed by atoms with E-state index in [-0.39, 0.29) is 43.7 Å². The van der Waals surface area contributed by atoms with Gasteiger partial charge in [0, 0.05) is 17.6 Å². The first kappa shape index (κ1) is 22.4. The van der Waals surface area contributed by atoms with E-state index in [4.69, 9.17) is 0 Å². The molecular weight excluding hydrogens is 397 g/mol. The van der Waals surface area contributed by atoms with Crippen molar-refractivity contribution in [3.05, 3.63) is 51.7 Å². The van der Waals surface area contributed by atoms with Crippen LogP contribution < -0.4 is 16.2 Å². The van der Waals surface area contributed by atoms with Crippen LogP contribution in [-0.4, -0.2) is 47.2 Å². The Kier molecular flexibility index (Phi) is 8.68. The number of aryl methyl sites for hydroxylation is 1. The third-order valence-electron chi connectivity index (χ3n) is 3.90. The number of nitrogens with one attached hydrogen (secondary N) is 3. The summed E-state index contributed by atoms with van der Waals surface area (Å²) in [4.78, 5) is 41.7. The molecule has 8 nitrogen and oxygen atoms in total. The minimum atomic E-state index is -0.429. The van der Waals surface area contributed by atoms with E-state index in [1.54, 1.807) is 17.0 Å². The number of amides is 3. The molecule has 3 N–H and O–H groups in total. The Morgan fingerprint density at radius 3 is 2.34 bits per heavy atom. The number of benzene rings is 1. The highest BCUT2D eigenvalue weighted by atomic mass is 32.1. The Morgan fingerprint density at radius 1 is 1.07 bits per heavy atom. The number of nitrogens with zero attached hydrogens (tertiary/aromatic N) is 2. The fraction of sp³-hybridized carbons (Fsp3) is 0.368. The summed E-state index contributed by atoms with van der Waals surface area (Å²) in [6.45, 7) is 4.40. The fourth-order valence-corrected chi connectivity index (χ4v) is 3.16. The lowest BCUT2D eigenvalue weighted by Gasteiger charge is -2.19. The van der Waals surface area contributed by atoms with Gasteiger partial charge in [-0.05, 0) is 31.2 Å². The largest absolute Gasteiger partial charge is 0.351 e. The van der Waals surface area contributed by atoms with Crippen LogP contribution in [0.1, 0.15) is 23.2 Å². The molecule has 0 unspecified atom stereocenters. The topological polar surface area (TPSA) is 103 Å². The van der Waals surface area contributed by atoms with Crippen molar-refractivity contribution < 1.29 is 18.8 Å². The summed E-state index contributed by atoms with van der Waals surface area (Å²) < 4.78 is 12.9. The van der Waals surface area contributed by atoms with Gasteiger partial charge in [0.05, 0.1) is 19.5 Å². The maximum Gasteiger partial charge on any atom is 0.252 e. The molecule has 0 saturated carbocycles. The molecule has 0 bridgehead atoms. The monoisotopic (exact) mass is 421 g/mol. The molecule has 2 rings (SSSR count). The van der Waals surface area contributed by atoms with Crippen molar-refractivity contribution >= 4 is 29.1 Å². The van der Waals surface area contributed by atoms with Crippen molar-refractivity contribution in [1.29, 1.82) is 0 Å². The van der Waals surface area contributed by atoms with Crippen LogP contribution in [-0.2, 0) is 27.3 Å². The smallest absolute Gasteiger partial charge is 0.252 e. The third kappa shape index (κ3) is 8.36. The molecule has 156 valence electrons. The Morgan fingerprint density at radius 2 is 1.72 bits per heavy atom. The van der Waals surface area contributed by atoms with Crippen LogP contribution in [0, 0.1) is 12.7 Å². The summed E-state index contributed by atoms with van der Waals surface area (Å²) in [7, 11) is 0. The van der Waals surface area contributed by atoms with Crippen molar-refractivity contribution in [3.8, 4) is 0 Å². The van der Waals surface area contributed by atoms with Crippen molar-refractivity contribution in [1.82, 2.24) is 26.1 Å². The zero-order valence-electron chi connectivity index (χ0n) is 16.3. The molecule has 0 saturated heterocycles. The summed E-state index contributed by atoms with van der Waals surface area (Å²) in [6, 6.07) is 5.84. The summed E-state index contributed by atoms with van der Waals surface area (Å²) in [5, 5.41) is 5.24. The number of likely N-dealkylation sites (N-methyl/N-ethyl adjacent to an activating group) is 1. The van der Waals surface area contributed by atoms with Gasteiger partial charge in [-0.15, -0.1) is 11.3 Å². The second kappa shape index (κ2) is 11.2. The molecule has 1 aromatic heterocycles. The minimum Gasteiger partial charge on any atom is -0.351 e. The molecule has 1 aromatic carbocycles. The maximum absolute atomic E-state index is 12.9. The Balaban J connectivity index is 1.69. The summed E-state index contributed by atoms with van der Waals surface area (Å²) >= 11 is 1.38. The van der Waals surface area contributed by atoms with Crippen LogP contribution in [0.25, 0.3) is 0 Å². The number of hydrazine groups is 1. The summed E-state index contributed by atoms with van der Waals surface area (Å²) in [6.07, 6.45) is 0.0854. The van der Waals surface area contributed by atoms with E-state index >= 15 is 0 Å². The SMILES string of the molecule is CCN(CC(=O)NCc1ccc(F)cc1)CC(=O)NNC(=O)Cc1nc(C)cs1. The number of hydrogen-bond acceptors (Lipinski definition) is 6. The average molecular weight is 421 g/mol. The molecule has 29 heavy (non-hydrogen) atoms. The molecule has 10 heteroatoms. The van der Waals surface area contributed by atoms with Crippen LogP contribution in [0.2, 0.25) is 0 Å². The first-order chi connectivity index (χ1) is 13.9. The maximum atomic E-state index is 12.9. The standard InChI is InChI=1S/C19H24FN5O3S/c1-3-25(10-17(27)21-9-14-4-6-15(20)7-5-14)11-18(28)24-23-16(26)8-19-22-13(2)12-29-19/h4-7,12H,3,8-11H2,1-2H3,(H,21,27)(H,23,26)(H,24,28). The highest BCUT2D eigenvalue weighted by molar-refractivity contribution is 7.09. The number of rotatable bonds is 9. The van der Waals surface area contributed by atoms with Crippen LogP contribution in [0.5, 0.6) is 0 Å². The molecule has 0 radical (unpaired) electrons. The molecule has 1 heterocycles. The summed E-state index contributed by atoms with van der Waals surface area (Å²) in [5.74, 6) is -1.39.